The van der Waals surface area contributed by atoms with E-state index in [-0.39, 0.29) is 18.2 Å². The van der Waals surface area contributed by atoms with E-state index in [1.165, 1.54) is 12.1 Å². The van der Waals surface area contributed by atoms with Crippen molar-refractivity contribution in [1.82, 2.24) is 0 Å². The number of aliphatic hydroxyl groups is 1. The van der Waals surface area contributed by atoms with Crippen LogP contribution in [0, 0.1) is 11.7 Å². The molecule has 14 heavy (non-hydrogen) atoms. The normalized spacial score (nSPS) is 12.5. The maximum absolute atomic E-state index is 12.9. The lowest BCUT2D eigenvalue weighted by Crippen LogP contribution is -2.12. The molecule has 4 heteroatoms. The minimum absolute atomic E-state index is 0.0376. The van der Waals surface area contributed by atoms with Crippen LogP contribution in [-0.4, -0.2) is 18.3 Å². The van der Waals surface area contributed by atoms with E-state index in [1.807, 2.05) is 6.92 Å². The Morgan fingerprint density at radius 1 is 1.57 bits per heavy atom. The summed E-state index contributed by atoms with van der Waals surface area (Å²) in [4.78, 5) is 0. The second-order valence-corrected chi connectivity index (χ2v) is 3.28. The number of ether oxygens (including phenoxy) is 1. The van der Waals surface area contributed by atoms with E-state index in [1.54, 1.807) is 6.07 Å². The quantitative estimate of drug-likeness (QED) is 0.721. The Hall–Kier alpha value is -1.29. The lowest BCUT2D eigenvalue weighted by Gasteiger charge is -2.10. The van der Waals surface area contributed by atoms with E-state index in [2.05, 4.69) is 0 Å². The third-order valence-electron chi connectivity index (χ3n) is 1.82. The van der Waals surface area contributed by atoms with Crippen molar-refractivity contribution in [2.45, 2.75) is 6.92 Å². The molecule has 0 heterocycles. The summed E-state index contributed by atoms with van der Waals surface area (Å²) in [6.45, 7) is 2.25. The lowest BCUT2D eigenvalue weighted by atomic mass is 10.2. The minimum atomic E-state index is -0.487. The SMILES string of the molecule is CC(CO)COc1ccc(N)c(F)c1. The molecule has 0 radical (unpaired) electrons. The maximum Gasteiger partial charge on any atom is 0.149 e. The molecule has 0 amide bonds. The summed E-state index contributed by atoms with van der Waals surface area (Å²) in [5, 5.41) is 8.74. The number of nitrogens with two attached hydrogens (primary N) is 1. The van der Waals surface area contributed by atoms with Gasteiger partial charge in [0.25, 0.3) is 0 Å². The number of anilines is 1. The fraction of sp³-hybridized carbons (Fsp3) is 0.400. The summed E-state index contributed by atoms with van der Waals surface area (Å²) in [7, 11) is 0. The van der Waals surface area contributed by atoms with Crippen molar-refractivity contribution >= 4 is 5.69 Å². The van der Waals surface area contributed by atoms with E-state index < -0.39 is 5.82 Å². The Morgan fingerprint density at radius 3 is 2.86 bits per heavy atom. The van der Waals surface area contributed by atoms with Crippen LogP contribution in [0.3, 0.4) is 0 Å². The smallest absolute Gasteiger partial charge is 0.149 e. The van der Waals surface area contributed by atoms with Crippen LogP contribution in [0.2, 0.25) is 0 Å². The van der Waals surface area contributed by atoms with Crippen molar-refractivity contribution in [1.29, 1.82) is 0 Å². The Morgan fingerprint density at radius 2 is 2.29 bits per heavy atom. The molecule has 1 aromatic rings. The molecule has 0 fully saturated rings. The molecule has 0 saturated heterocycles. The summed E-state index contributed by atoms with van der Waals surface area (Å²) >= 11 is 0. The van der Waals surface area contributed by atoms with Crippen LogP contribution in [-0.2, 0) is 0 Å². The number of benzene rings is 1. The molecular formula is C10H14FNO2. The molecule has 0 saturated carbocycles. The summed E-state index contributed by atoms with van der Waals surface area (Å²) in [6.07, 6.45) is 0. The number of hydrogen-bond donors (Lipinski definition) is 2. The monoisotopic (exact) mass is 199 g/mol. The van der Waals surface area contributed by atoms with Gasteiger partial charge in [-0.1, -0.05) is 6.92 Å². The van der Waals surface area contributed by atoms with Gasteiger partial charge in [-0.25, -0.2) is 4.39 Å². The molecule has 0 aliphatic rings. The molecule has 1 unspecified atom stereocenters. The molecule has 1 rings (SSSR count). The van der Waals surface area contributed by atoms with E-state index in [0.717, 1.165) is 0 Å². The van der Waals surface area contributed by atoms with E-state index in [4.69, 9.17) is 15.6 Å². The fourth-order valence-corrected chi connectivity index (χ4v) is 0.889. The van der Waals surface area contributed by atoms with E-state index in [9.17, 15) is 4.39 Å². The van der Waals surface area contributed by atoms with Gasteiger partial charge in [-0.2, -0.15) is 0 Å². The summed E-state index contributed by atoms with van der Waals surface area (Å²) in [6, 6.07) is 4.29. The maximum atomic E-state index is 12.9. The molecule has 0 spiro atoms. The van der Waals surface area contributed by atoms with Crippen LogP contribution in [0.1, 0.15) is 6.92 Å². The first-order chi connectivity index (χ1) is 6.63. The van der Waals surface area contributed by atoms with Gasteiger partial charge in [0.15, 0.2) is 0 Å². The molecular weight excluding hydrogens is 185 g/mol. The summed E-state index contributed by atoms with van der Waals surface area (Å²) in [5.74, 6) is -0.0215. The highest BCUT2D eigenvalue weighted by atomic mass is 19.1. The highest BCUT2D eigenvalue weighted by Crippen LogP contribution is 2.18. The highest BCUT2D eigenvalue weighted by Gasteiger charge is 2.03. The van der Waals surface area contributed by atoms with Crippen LogP contribution in [0.15, 0.2) is 18.2 Å². The number of rotatable bonds is 4. The van der Waals surface area contributed by atoms with Crippen molar-refractivity contribution in [3.63, 3.8) is 0 Å². The number of aliphatic hydroxyl groups excluding tert-OH is 1. The molecule has 0 bridgehead atoms. The Balaban J connectivity index is 2.55. The third-order valence-corrected chi connectivity index (χ3v) is 1.82. The van der Waals surface area contributed by atoms with Crippen LogP contribution >= 0.6 is 0 Å². The van der Waals surface area contributed by atoms with Crippen LogP contribution in [0.25, 0.3) is 0 Å². The largest absolute Gasteiger partial charge is 0.493 e. The van der Waals surface area contributed by atoms with Crippen molar-refractivity contribution in [2.75, 3.05) is 18.9 Å². The van der Waals surface area contributed by atoms with Gasteiger partial charge in [0.1, 0.15) is 11.6 Å². The second-order valence-electron chi connectivity index (χ2n) is 3.28. The minimum Gasteiger partial charge on any atom is -0.493 e. The topological polar surface area (TPSA) is 55.5 Å². The van der Waals surface area contributed by atoms with Gasteiger partial charge in [0, 0.05) is 18.6 Å². The molecule has 1 atom stereocenters. The van der Waals surface area contributed by atoms with Crippen molar-refractivity contribution in [3.05, 3.63) is 24.0 Å². The van der Waals surface area contributed by atoms with Gasteiger partial charge in [-0.15, -0.1) is 0 Å². The molecule has 0 aromatic heterocycles. The molecule has 0 aliphatic heterocycles. The zero-order chi connectivity index (χ0) is 10.6. The van der Waals surface area contributed by atoms with Gasteiger partial charge in [0.2, 0.25) is 0 Å². The van der Waals surface area contributed by atoms with Crippen LogP contribution in [0.4, 0.5) is 10.1 Å². The van der Waals surface area contributed by atoms with Gasteiger partial charge < -0.3 is 15.6 Å². The van der Waals surface area contributed by atoms with Crippen LogP contribution in [0.5, 0.6) is 5.75 Å². The second kappa shape index (κ2) is 4.81. The number of nitrogen functional groups attached to an aromatic ring is 1. The van der Waals surface area contributed by atoms with Crippen molar-refractivity contribution < 1.29 is 14.2 Å². The Labute approximate surface area is 82.3 Å². The summed E-state index contributed by atoms with van der Waals surface area (Å²) < 4.78 is 18.2. The zero-order valence-corrected chi connectivity index (χ0v) is 8.03. The molecule has 78 valence electrons. The Kier molecular flexibility index (Phi) is 3.71. The standard InChI is InChI=1S/C10H14FNO2/c1-7(5-13)6-14-8-2-3-10(12)9(11)4-8/h2-4,7,13H,5-6,12H2,1H3. The molecule has 3 nitrogen and oxygen atoms in total. The van der Waals surface area contributed by atoms with Crippen LogP contribution < -0.4 is 10.5 Å². The Bertz CT molecular complexity index is 304. The summed E-state index contributed by atoms with van der Waals surface area (Å²) in [5.41, 5.74) is 5.40. The average Bonchev–Trinajstić information content (AvgIpc) is 2.19. The number of hydrogen-bond acceptors (Lipinski definition) is 3. The predicted molar refractivity (Wildman–Crippen MR) is 52.6 cm³/mol. The first kappa shape index (κ1) is 10.8. The van der Waals surface area contributed by atoms with Gasteiger partial charge in [-0.3, -0.25) is 0 Å². The fourth-order valence-electron chi connectivity index (χ4n) is 0.889. The van der Waals surface area contributed by atoms with Gasteiger partial charge in [0.05, 0.1) is 12.3 Å². The first-order valence-corrected chi connectivity index (χ1v) is 4.42. The third kappa shape index (κ3) is 2.88. The molecule has 1 aromatic carbocycles. The number of halogens is 1. The average molecular weight is 199 g/mol. The first-order valence-electron chi connectivity index (χ1n) is 4.42. The van der Waals surface area contributed by atoms with E-state index >= 15 is 0 Å². The molecule has 0 aliphatic carbocycles. The lowest BCUT2D eigenvalue weighted by molar-refractivity contribution is 0.174. The van der Waals surface area contributed by atoms with Crippen molar-refractivity contribution in [3.8, 4) is 5.75 Å². The predicted octanol–water partition coefficient (Wildman–Crippen LogP) is 1.42. The van der Waals surface area contributed by atoms with Gasteiger partial charge >= 0.3 is 0 Å². The zero-order valence-electron chi connectivity index (χ0n) is 8.03. The van der Waals surface area contributed by atoms with Crippen molar-refractivity contribution in [2.24, 2.45) is 5.92 Å². The molecule has 3 N–H and O–H groups in total. The van der Waals surface area contributed by atoms with Gasteiger partial charge in [-0.05, 0) is 12.1 Å². The van der Waals surface area contributed by atoms with E-state index in [0.29, 0.717) is 12.4 Å². The highest BCUT2D eigenvalue weighted by molar-refractivity contribution is 5.43.